The van der Waals surface area contributed by atoms with Gasteiger partial charge in [-0.2, -0.15) is 0 Å². The number of allylic oxidation sites excluding steroid dienone is 1. The fourth-order valence-electron chi connectivity index (χ4n) is 3.00. The number of hydrogen-bond acceptors (Lipinski definition) is 4. The molecule has 1 heterocycles. The molecule has 1 saturated heterocycles. The first-order valence-corrected chi connectivity index (χ1v) is 10.5. The highest BCUT2D eigenvalue weighted by Crippen LogP contribution is 2.19. The summed E-state index contributed by atoms with van der Waals surface area (Å²) in [4.78, 5) is 6.43. The van der Waals surface area contributed by atoms with Crippen LogP contribution in [0.25, 0.3) is 0 Å². The fraction of sp³-hybridized carbons (Fsp3) is 0.812. The van der Waals surface area contributed by atoms with Crippen LogP contribution in [-0.4, -0.2) is 70.6 Å². The highest BCUT2D eigenvalue weighted by molar-refractivity contribution is 14.0. The molecule has 2 N–H and O–H groups in total. The summed E-state index contributed by atoms with van der Waals surface area (Å²) >= 11 is 0. The molecule has 0 aromatic heterocycles. The van der Waals surface area contributed by atoms with Crippen LogP contribution in [0.3, 0.4) is 0 Å². The Hall–Kier alpha value is -0.350. The Morgan fingerprint density at radius 2 is 1.92 bits per heavy atom. The van der Waals surface area contributed by atoms with Gasteiger partial charge >= 0.3 is 0 Å². The molecule has 140 valence electrons. The molecular formula is C16H31IN4O2S. The Labute approximate surface area is 163 Å². The Balaban J connectivity index is 0.00000288. The zero-order chi connectivity index (χ0) is 16.5. The van der Waals surface area contributed by atoms with E-state index in [2.05, 4.69) is 26.6 Å². The number of halogens is 1. The Morgan fingerprint density at radius 1 is 1.21 bits per heavy atom. The quantitative estimate of drug-likeness (QED) is 0.266. The summed E-state index contributed by atoms with van der Waals surface area (Å²) in [6.45, 7) is 3.83. The van der Waals surface area contributed by atoms with Gasteiger partial charge in [0.2, 0.25) is 0 Å². The van der Waals surface area contributed by atoms with Gasteiger partial charge in [0.05, 0.1) is 11.5 Å². The van der Waals surface area contributed by atoms with Crippen molar-refractivity contribution >= 4 is 39.8 Å². The van der Waals surface area contributed by atoms with E-state index < -0.39 is 9.84 Å². The molecule has 2 rings (SSSR count). The standard InChI is InChI=1S/C16H30N4O2S.HI/c1-17-16(18-8-7-15-5-3-2-4-6-15)19-9-10-20-11-13-23(21,22)14-12-20;/h5H,2-4,6-14H2,1H3,(H2,17,18,19);1H. The molecule has 24 heavy (non-hydrogen) atoms. The zero-order valence-electron chi connectivity index (χ0n) is 14.6. The Kier molecular flexibility index (Phi) is 10.2. The van der Waals surface area contributed by atoms with E-state index >= 15 is 0 Å². The monoisotopic (exact) mass is 470 g/mol. The number of nitrogens with zero attached hydrogens (tertiary/aromatic N) is 2. The SMILES string of the molecule is CN=C(NCCC1=CCCCC1)NCCN1CCS(=O)(=O)CC1.I. The summed E-state index contributed by atoms with van der Waals surface area (Å²) < 4.78 is 22.8. The predicted octanol–water partition coefficient (Wildman–Crippen LogP) is 1.39. The van der Waals surface area contributed by atoms with Crippen LogP contribution < -0.4 is 10.6 Å². The molecule has 0 spiro atoms. The average molecular weight is 470 g/mol. The van der Waals surface area contributed by atoms with Gasteiger partial charge in [-0.1, -0.05) is 11.6 Å². The second-order valence-electron chi connectivity index (χ2n) is 6.28. The predicted molar refractivity (Wildman–Crippen MR) is 111 cm³/mol. The summed E-state index contributed by atoms with van der Waals surface area (Å²) in [6, 6.07) is 0. The molecule has 0 aromatic rings. The minimum absolute atomic E-state index is 0. The van der Waals surface area contributed by atoms with E-state index in [1.807, 2.05) is 0 Å². The molecule has 2 aliphatic rings. The summed E-state index contributed by atoms with van der Waals surface area (Å²) in [6.07, 6.45) is 8.60. The van der Waals surface area contributed by atoms with Crippen LogP contribution in [0.15, 0.2) is 16.6 Å². The van der Waals surface area contributed by atoms with E-state index in [0.29, 0.717) is 13.1 Å². The highest BCUT2D eigenvalue weighted by Gasteiger charge is 2.20. The lowest BCUT2D eigenvalue weighted by Gasteiger charge is -2.26. The van der Waals surface area contributed by atoms with Crippen molar-refractivity contribution in [3.63, 3.8) is 0 Å². The lowest BCUT2D eigenvalue weighted by Crippen LogP contribution is -2.46. The molecule has 6 nitrogen and oxygen atoms in total. The molecule has 1 fully saturated rings. The second kappa shape index (κ2) is 11.3. The third kappa shape index (κ3) is 8.15. The van der Waals surface area contributed by atoms with Crippen molar-refractivity contribution in [3.05, 3.63) is 11.6 Å². The van der Waals surface area contributed by atoms with Gasteiger partial charge in [0, 0.05) is 39.8 Å². The van der Waals surface area contributed by atoms with E-state index in [0.717, 1.165) is 32.0 Å². The number of nitrogens with one attached hydrogen (secondary N) is 2. The molecule has 0 atom stereocenters. The summed E-state index contributed by atoms with van der Waals surface area (Å²) in [5.41, 5.74) is 1.56. The van der Waals surface area contributed by atoms with Crippen LogP contribution in [0.5, 0.6) is 0 Å². The number of hydrogen-bond donors (Lipinski definition) is 2. The number of aliphatic imine (C=N–C) groups is 1. The molecular weight excluding hydrogens is 439 g/mol. The van der Waals surface area contributed by atoms with Gasteiger partial charge in [-0.3, -0.25) is 9.89 Å². The van der Waals surface area contributed by atoms with Gasteiger partial charge in [-0.15, -0.1) is 24.0 Å². The molecule has 0 amide bonds. The van der Waals surface area contributed by atoms with E-state index in [4.69, 9.17) is 0 Å². The minimum atomic E-state index is -2.79. The van der Waals surface area contributed by atoms with Gasteiger partial charge in [0.25, 0.3) is 0 Å². The van der Waals surface area contributed by atoms with Crippen LogP contribution in [0.1, 0.15) is 32.1 Å². The molecule has 8 heteroatoms. The Bertz CT molecular complexity index is 520. The maximum atomic E-state index is 11.4. The van der Waals surface area contributed by atoms with Crippen molar-refractivity contribution in [2.75, 3.05) is 51.3 Å². The molecule has 0 aromatic carbocycles. The lowest BCUT2D eigenvalue weighted by atomic mass is 9.97. The van der Waals surface area contributed by atoms with Crippen molar-refractivity contribution < 1.29 is 8.42 Å². The van der Waals surface area contributed by atoms with Crippen molar-refractivity contribution in [2.24, 2.45) is 4.99 Å². The second-order valence-corrected chi connectivity index (χ2v) is 8.58. The first-order valence-electron chi connectivity index (χ1n) is 8.64. The number of sulfone groups is 1. The lowest BCUT2D eigenvalue weighted by molar-refractivity contribution is 0.299. The van der Waals surface area contributed by atoms with Crippen LogP contribution in [0, 0.1) is 0 Å². The van der Waals surface area contributed by atoms with Gasteiger partial charge in [-0.25, -0.2) is 8.42 Å². The summed E-state index contributed by atoms with van der Waals surface area (Å²) in [5, 5.41) is 6.65. The first kappa shape index (κ1) is 21.7. The van der Waals surface area contributed by atoms with Crippen LogP contribution in [-0.2, 0) is 9.84 Å². The van der Waals surface area contributed by atoms with Gasteiger partial charge < -0.3 is 10.6 Å². The van der Waals surface area contributed by atoms with Crippen molar-refractivity contribution in [1.82, 2.24) is 15.5 Å². The van der Waals surface area contributed by atoms with Crippen molar-refractivity contribution in [1.29, 1.82) is 0 Å². The summed E-state index contributed by atoms with van der Waals surface area (Å²) in [5.74, 6) is 1.40. The smallest absolute Gasteiger partial charge is 0.191 e. The number of rotatable bonds is 6. The van der Waals surface area contributed by atoms with Gasteiger partial charge in [-0.05, 0) is 32.1 Å². The van der Waals surface area contributed by atoms with Crippen LogP contribution >= 0.6 is 24.0 Å². The molecule has 0 radical (unpaired) electrons. The molecule has 1 aliphatic carbocycles. The third-order valence-electron chi connectivity index (χ3n) is 4.50. The van der Waals surface area contributed by atoms with Crippen molar-refractivity contribution in [2.45, 2.75) is 32.1 Å². The first-order chi connectivity index (χ1) is 11.1. The van der Waals surface area contributed by atoms with Crippen LogP contribution in [0.4, 0.5) is 0 Å². The van der Waals surface area contributed by atoms with Crippen molar-refractivity contribution in [3.8, 4) is 0 Å². The van der Waals surface area contributed by atoms with Crippen LogP contribution in [0.2, 0.25) is 0 Å². The maximum absolute atomic E-state index is 11.4. The maximum Gasteiger partial charge on any atom is 0.191 e. The van der Waals surface area contributed by atoms with E-state index in [1.165, 1.54) is 25.7 Å². The average Bonchev–Trinajstić information content (AvgIpc) is 2.56. The van der Waals surface area contributed by atoms with Gasteiger partial charge in [0.15, 0.2) is 15.8 Å². The minimum Gasteiger partial charge on any atom is -0.356 e. The van der Waals surface area contributed by atoms with E-state index in [9.17, 15) is 8.42 Å². The van der Waals surface area contributed by atoms with E-state index in [1.54, 1.807) is 12.6 Å². The third-order valence-corrected chi connectivity index (χ3v) is 6.11. The summed E-state index contributed by atoms with van der Waals surface area (Å²) in [7, 11) is -1.01. The number of guanidine groups is 1. The van der Waals surface area contributed by atoms with Gasteiger partial charge in [0.1, 0.15) is 0 Å². The Morgan fingerprint density at radius 3 is 2.54 bits per heavy atom. The largest absolute Gasteiger partial charge is 0.356 e. The fourth-order valence-corrected chi connectivity index (χ4v) is 4.28. The molecule has 1 aliphatic heterocycles. The zero-order valence-corrected chi connectivity index (χ0v) is 17.7. The molecule has 0 unspecified atom stereocenters. The highest BCUT2D eigenvalue weighted by atomic mass is 127. The molecule has 0 saturated carbocycles. The molecule has 0 bridgehead atoms. The van der Waals surface area contributed by atoms with E-state index in [-0.39, 0.29) is 35.5 Å². The normalized spacial score (nSPS) is 21.5. The topological polar surface area (TPSA) is 73.8 Å².